The fourth-order valence-corrected chi connectivity index (χ4v) is 4.33. The van der Waals surface area contributed by atoms with E-state index in [0.717, 1.165) is 23.2 Å². The van der Waals surface area contributed by atoms with E-state index in [4.69, 9.17) is 23.2 Å². The molecule has 0 aliphatic carbocycles. The number of hydrogen-bond donors (Lipinski definition) is 2. The Morgan fingerprint density at radius 3 is 2.61 bits per heavy atom. The van der Waals surface area contributed by atoms with Crippen molar-refractivity contribution >= 4 is 52.5 Å². The van der Waals surface area contributed by atoms with Gasteiger partial charge < -0.3 is 15.2 Å². The Labute approximate surface area is 207 Å². The number of rotatable bonds is 8. The number of aryl methyl sites for hydroxylation is 2. The average Bonchev–Trinajstić information content (AvgIpc) is 3.15. The second kappa shape index (κ2) is 11.0. The van der Waals surface area contributed by atoms with Crippen LogP contribution in [0.15, 0.2) is 41.6 Å². The first-order chi connectivity index (χ1) is 15.7. The largest absolute Gasteiger partial charge is 0.342 e. The zero-order valence-corrected chi connectivity index (χ0v) is 21.1. The molecule has 0 radical (unpaired) electrons. The fourth-order valence-electron chi connectivity index (χ4n) is 3.32. The summed E-state index contributed by atoms with van der Waals surface area (Å²) < 4.78 is 1.77. The summed E-state index contributed by atoms with van der Waals surface area (Å²) >= 11 is 13.2. The fraction of sp³-hybridized carbons (Fsp3) is 0.304. The summed E-state index contributed by atoms with van der Waals surface area (Å²) in [5.74, 6) is 0.337. The summed E-state index contributed by atoms with van der Waals surface area (Å²) in [6.07, 6.45) is 0.836. The number of carbonyl (C=O) groups excluding carboxylic acids is 2. The van der Waals surface area contributed by atoms with E-state index in [-0.39, 0.29) is 17.6 Å². The van der Waals surface area contributed by atoms with E-state index in [9.17, 15) is 9.59 Å². The first kappa shape index (κ1) is 25.1. The highest BCUT2D eigenvalue weighted by Gasteiger charge is 2.20. The number of para-hydroxylation sites is 1. The summed E-state index contributed by atoms with van der Waals surface area (Å²) in [7, 11) is 1.80. The molecule has 3 rings (SSSR count). The van der Waals surface area contributed by atoms with Crippen molar-refractivity contribution in [1.29, 1.82) is 0 Å². The number of amides is 2. The number of benzene rings is 2. The zero-order valence-electron chi connectivity index (χ0n) is 18.8. The van der Waals surface area contributed by atoms with Gasteiger partial charge in [0.25, 0.3) is 5.91 Å². The summed E-state index contributed by atoms with van der Waals surface area (Å²) in [6.45, 7) is 5.84. The SMILES string of the molecule is CCc1cccc(C)c1NC(=O)CSc1nnc([C@H](C)NC(=O)c2ccc(Cl)c(Cl)c2)n1C. The minimum absolute atomic E-state index is 0.116. The van der Waals surface area contributed by atoms with Gasteiger partial charge >= 0.3 is 0 Å². The van der Waals surface area contributed by atoms with Crippen LogP contribution in [0.2, 0.25) is 10.0 Å². The molecule has 0 spiro atoms. The topological polar surface area (TPSA) is 88.9 Å². The van der Waals surface area contributed by atoms with Crippen LogP contribution in [0.25, 0.3) is 0 Å². The number of carbonyl (C=O) groups is 2. The third-order valence-corrected chi connectivity index (χ3v) is 6.88. The lowest BCUT2D eigenvalue weighted by Crippen LogP contribution is -2.28. The van der Waals surface area contributed by atoms with Gasteiger partial charge in [0.1, 0.15) is 0 Å². The summed E-state index contributed by atoms with van der Waals surface area (Å²) in [5, 5.41) is 15.5. The molecule has 33 heavy (non-hydrogen) atoms. The maximum Gasteiger partial charge on any atom is 0.251 e. The molecule has 0 saturated carbocycles. The number of thioether (sulfide) groups is 1. The van der Waals surface area contributed by atoms with Crippen LogP contribution < -0.4 is 10.6 Å². The monoisotopic (exact) mass is 505 g/mol. The number of hydrogen-bond acceptors (Lipinski definition) is 5. The van der Waals surface area contributed by atoms with Crippen molar-refractivity contribution in [2.24, 2.45) is 7.05 Å². The van der Waals surface area contributed by atoms with E-state index in [0.29, 0.717) is 26.6 Å². The van der Waals surface area contributed by atoms with Gasteiger partial charge in [-0.05, 0) is 49.6 Å². The second-order valence-corrected chi connectivity index (χ2v) is 9.28. The third kappa shape index (κ3) is 6.07. The normalized spacial score (nSPS) is 11.8. The molecule has 0 bridgehead atoms. The maximum absolute atomic E-state index is 12.5. The highest BCUT2D eigenvalue weighted by molar-refractivity contribution is 7.99. The first-order valence-corrected chi connectivity index (χ1v) is 12.1. The van der Waals surface area contributed by atoms with Gasteiger partial charge in [0.05, 0.1) is 21.8 Å². The Kier molecular flexibility index (Phi) is 8.40. The molecule has 174 valence electrons. The van der Waals surface area contributed by atoms with Crippen molar-refractivity contribution in [3.8, 4) is 0 Å². The lowest BCUT2D eigenvalue weighted by Gasteiger charge is -2.14. The van der Waals surface area contributed by atoms with E-state index >= 15 is 0 Å². The number of aromatic nitrogens is 3. The van der Waals surface area contributed by atoms with E-state index in [1.54, 1.807) is 23.7 Å². The van der Waals surface area contributed by atoms with Crippen LogP contribution in [0.1, 0.15) is 47.2 Å². The van der Waals surface area contributed by atoms with Crippen molar-refractivity contribution in [3.05, 3.63) is 69.0 Å². The van der Waals surface area contributed by atoms with E-state index in [2.05, 4.69) is 27.8 Å². The molecule has 1 atom stereocenters. The van der Waals surface area contributed by atoms with Crippen LogP contribution in [-0.4, -0.2) is 32.3 Å². The van der Waals surface area contributed by atoms with Crippen LogP contribution in [0, 0.1) is 6.92 Å². The molecule has 0 saturated heterocycles. The quantitative estimate of drug-likeness (QED) is 0.410. The van der Waals surface area contributed by atoms with Gasteiger partial charge in [-0.3, -0.25) is 9.59 Å². The van der Waals surface area contributed by atoms with Gasteiger partial charge in [-0.2, -0.15) is 0 Å². The third-order valence-electron chi connectivity index (χ3n) is 5.12. The van der Waals surface area contributed by atoms with Gasteiger partial charge in [0.2, 0.25) is 5.91 Å². The smallest absolute Gasteiger partial charge is 0.251 e. The number of nitrogens with zero attached hydrogens (tertiary/aromatic N) is 3. The number of nitrogens with one attached hydrogen (secondary N) is 2. The summed E-state index contributed by atoms with van der Waals surface area (Å²) in [4.78, 5) is 25.1. The minimum atomic E-state index is -0.410. The van der Waals surface area contributed by atoms with Gasteiger partial charge in [-0.25, -0.2) is 0 Å². The van der Waals surface area contributed by atoms with Crippen LogP contribution in [0.3, 0.4) is 0 Å². The van der Waals surface area contributed by atoms with E-state index < -0.39 is 6.04 Å². The molecule has 1 heterocycles. The molecular formula is C23H25Cl2N5O2S. The van der Waals surface area contributed by atoms with Crippen molar-refractivity contribution in [1.82, 2.24) is 20.1 Å². The standard InChI is InChI=1S/C23H25Cl2N5O2S/c1-5-15-8-6-7-13(2)20(15)27-19(31)12-33-23-29-28-21(30(23)4)14(3)26-22(32)16-9-10-17(24)18(25)11-16/h6-11,14H,5,12H2,1-4H3,(H,26,32)(H,27,31)/t14-/m0/s1. The molecule has 2 amide bonds. The molecule has 7 nitrogen and oxygen atoms in total. The van der Waals surface area contributed by atoms with Crippen molar-refractivity contribution in [3.63, 3.8) is 0 Å². The Hall–Kier alpha value is -2.55. The molecular weight excluding hydrogens is 481 g/mol. The maximum atomic E-state index is 12.5. The van der Waals surface area contributed by atoms with Gasteiger partial charge in [0.15, 0.2) is 11.0 Å². The Morgan fingerprint density at radius 2 is 1.91 bits per heavy atom. The van der Waals surface area contributed by atoms with Crippen LogP contribution >= 0.6 is 35.0 Å². The molecule has 2 aromatic carbocycles. The van der Waals surface area contributed by atoms with Gasteiger partial charge in [0, 0.05) is 18.3 Å². The summed E-state index contributed by atoms with van der Waals surface area (Å²) in [6, 6.07) is 10.3. The van der Waals surface area contributed by atoms with E-state index in [1.165, 1.54) is 17.8 Å². The minimum Gasteiger partial charge on any atom is -0.342 e. The molecule has 0 aliphatic heterocycles. The number of halogens is 2. The highest BCUT2D eigenvalue weighted by Crippen LogP contribution is 2.25. The first-order valence-electron chi connectivity index (χ1n) is 10.4. The van der Waals surface area contributed by atoms with Crippen molar-refractivity contribution < 1.29 is 9.59 Å². The lowest BCUT2D eigenvalue weighted by atomic mass is 10.1. The molecule has 2 N–H and O–H groups in total. The van der Waals surface area contributed by atoms with Crippen LogP contribution in [0.5, 0.6) is 0 Å². The van der Waals surface area contributed by atoms with Gasteiger partial charge in [-0.1, -0.05) is 60.1 Å². The number of anilines is 1. The average molecular weight is 506 g/mol. The Bertz CT molecular complexity index is 1180. The second-order valence-electron chi connectivity index (χ2n) is 7.52. The summed E-state index contributed by atoms with van der Waals surface area (Å²) in [5.41, 5.74) is 3.39. The van der Waals surface area contributed by atoms with E-state index in [1.807, 2.05) is 32.0 Å². The zero-order chi connectivity index (χ0) is 24.1. The molecule has 0 fully saturated rings. The molecule has 10 heteroatoms. The van der Waals surface area contributed by atoms with Crippen LogP contribution in [0.4, 0.5) is 5.69 Å². The highest BCUT2D eigenvalue weighted by atomic mass is 35.5. The van der Waals surface area contributed by atoms with Gasteiger partial charge in [-0.15, -0.1) is 10.2 Å². The molecule has 0 unspecified atom stereocenters. The Morgan fingerprint density at radius 1 is 1.15 bits per heavy atom. The van der Waals surface area contributed by atoms with Crippen molar-refractivity contribution in [2.75, 3.05) is 11.1 Å². The predicted molar refractivity (Wildman–Crippen MR) is 133 cm³/mol. The Balaban J connectivity index is 1.61. The molecule has 0 aliphatic rings. The van der Waals surface area contributed by atoms with Crippen LogP contribution in [-0.2, 0) is 18.3 Å². The predicted octanol–water partition coefficient (Wildman–Crippen LogP) is 5.21. The van der Waals surface area contributed by atoms with Crippen molar-refractivity contribution in [2.45, 2.75) is 38.4 Å². The molecule has 3 aromatic rings. The molecule has 1 aromatic heterocycles. The lowest BCUT2D eigenvalue weighted by molar-refractivity contribution is -0.113.